The zero-order valence-corrected chi connectivity index (χ0v) is 10.1. The van der Waals surface area contributed by atoms with Gasteiger partial charge in [-0.25, -0.2) is 4.79 Å². The number of anilines is 1. The summed E-state index contributed by atoms with van der Waals surface area (Å²) in [6, 6.07) is 3.41. The van der Waals surface area contributed by atoms with Crippen molar-refractivity contribution in [1.29, 1.82) is 0 Å². The standard InChI is InChI=1S/C13H12N2O3/c1-3-7-4-8-6-14-15-9-5-10(16)18-13(11(8)9)12(7)17-2/h4-6,15H,3H2,1-2H3. The number of ether oxygens (including phenoxy) is 1. The van der Waals surface area contributed by atoms with E-state index in [0.29, 0.717) is 17.0 Å². The maximum absolute atomic E-state index is 11.6. The van der Waals surface area contributed by atoms with E-state index in [4.69, 9.17) is 9.15 Å². The van der Waals surface area contributed by atoms with E-state index in [0.717, 1.165) is 22.9 Å². The summed E-state index contributed by atoms with van der Waals surface area (Å²) in [5.41, 5.74) is 5.45. The number of nitrogens with one attached hydrogen (secondary N) is 1. The lowest BCUT2D eigenvalue weighted by atomic mass is 10.0. The van der Waals surface area contributed by atoms with Gasteiger partial charge in [-0.3, -0.25) is 5.43 Å². The van der Waals surface area contributed by atoms with Gasteiger partial charge in [-0.15, -0.1) is 0 Å². The molecular formula is C13H12N2O3. The third-order valence-electron chi connectivity index (χ3n) is 3.05. The maximum Gasteiger partial charge on any atom is 0.338 e. The lowest BCUT2D eigenvalue weighted by Gasteiger charge is -2.16. The van der Waals surface area contributed by atoms with Crippen molar-refractivity contribution in [3.05, 3.63) is 33.7 Å². The molecule has 3 rings (SSSR count). The van der Waals surface area contributed by atoms with Crippen LogP contribution in [0.5, 0.6) is 5.75 Å². The van der Waals surface area contributed by atoms with Crippen LogP contribution in [0.2, 0.25) is 0 Å². The smallest absolute Gasteiger partial charge is 0.338 e. The molecule has 0 amide bonds. The SMILES string of the molecule is CCc1cc2c3c(cc(=O)oc3c1OC)NN=C2. The summed E-state index contributed by atoms with van der Waals surface area (Å²) in [6.07, 6.45) is 2.51. The number of hydrogen-bond acceptors (Lipinski definition) is 5. The Kier molecular flexibility index (Phi) is 2.33. The molecule has 1 aromatic heterocycles. The molecule has 0 bridgehead atoms. The van der Waals surface area contributed by atoms with E-state index in [1.807, 2.05) is 13.0 Å². The van der Waals surface area contributed by atoms with Crippen molar-refractivity contribution < 1.29 is 9.15 Å². The second-order valence-electron chi connectivity index (χ2n) is 4.06. The molecule has 2 aromatic rings. The molecule has 0 saturated heterocycles. The van der Waals surface area contributed by atoms with Crippen LogP contribution < -0.4 is 15.8 Å². The van der Waals surface area contributed by atoms with Crippen LogP contribution in [-0.4, -0.2) is 13.3 Å². The highest BCUT2D eigenvalue weighted by Crippen LogP contribution is 2.36. The largest absolute Gasteiger partial charge is 0.493 e. The second kappa shape index (κ2) is 3.87. The summed E-state index contributed by atoms with van der Waals surface area (Å²) < 4.78 is 10.7. The van der Waals surface area contributed by atoms with E-state index in [1.54, 1.807) is 13.3 Å². The first kappa shape index (κ1) is 10.8. The van der Waals surface area contributed by atoms with Crippen LogP contribution in [0, 0.1) is 0 Å². The van der Waals surface area contributed by atoms with Crippen LogP contribution in [0.1, 0.15) is 18.1 Å². The van der Waals surface area contributed by atoms with Gasteiger partial charge in [-0.1, -0.05) is 6.92 Å². The molecule has 0 radical (unpaired) electrons. The lowest BCUT2D eigenvalue weighted by molar-refractivity contribution is 0.402. The van der Waals surface area contributed by atoms with Crippen LogP contribution >= 0.6 is 0 Å². The molecule has 1 N–H and O–H groups in total. The highest BCUT2D eigenvalue weighted by atomic mass is 16.5. The second-order valence-corrected chi connectivity index (χ2v) is 4.06. The Morgan fingerprint density at radius 1 is 1.44 bits per heavy atom. The number of aryl methyl sites for hydroxylation is 1. The molecule has 0 spiro atoms. The van der Waals surface area contributed by atoms with Crippen molar-refractivity contribution in [1.82, 2.24) is 0 Å². The van der Waals surface area contributed by atoms with E-state index in [2.05, 4.69) is 10.5 Å². The summed E-state index contributed by atoms with van der Waals surface area (Å²) in [5, 5.41) is 4.85. The van der Waals surface area contributed by atoms with Crippen LogP contribution in [0.15, 0.2) is 26.4 Å². The van der Waals surface area contributed by atoms with Crippen LogP contribution in [0.3, 0.4) is 0 Å². The third-order valence-corrected chi connectivity index (χ3v) is 3.05. The first-order valence-electron chi connectivity index (χ1n) is 5.71. The molecule has 5 nitrogen and oxygen atoms in total. The van der Waals surface area contributed by atoms with Crippen molar-refractivity contribution >= 4 is 22.9 Å². The summed E-state index contributed by atoms with van der Waals surface area (Å²) in [4.78, 5) is 11.6. The Bertz CT molecular complexity index is 716. The first-order valence-corrected chi connectivity index (χ1v) is 5.71. The van der Waals surface area contributed by atoms with E-state index < -0.39 is 5.63 Å². The normalized spacial score (nSPS) is 12.6. The summed E-state index contributed by atoms with van der Waals surface area (Å²) in [7, 11) is 1.58. The van der Waals surface area contributed by atoms with Crippen molar-refractivity contribution in [2.75, 3.05) is 12.5 Å². The Labute approximate surface area is 103 Å². The minimum absolute atomic E-state index is 0.417. The third kappa shape index (κ3) is 1.40. The number of hydrogen-bond donors (Lipinski definition) is 1. The molecular weight excluding hydrogens is 232 g/mol. The van der Waals surface area contributed by atoms with Crippen LogP contribution in [0.25, 0.3) is 11.0 Å². The molecule has 0 fully saturated rings. The fourth-order valence-electron chi connectivity index (χ4n) is 2.26. The summed E-state index contributed by atoms with van der Waals surface area (Å²) in [5.74, 6) is 0.618. The van der Waals surface area contributed by atoms with Gasteiger partial charge in [0.15, 0.2) is 11.3 Å². The van der Waals surface area contributed by atoms with Gasteiger partial charge in [0.05, 0.1) is 24.4 Å². The molecule has 0 aliphatic carbocycles. The molecule has 0 unspecified atom stereocenters. The molecule has 0 atom stereocenters. The van der Waals surface area contributed by atoms with E-state index in [-0.39, 0.29) is 0 Å². The Morgan fingerprint density at radius 3 is 3.00 bits per heavy atom. The predicted molar refractivity (Wildman–Crippen MR) is 69.6 cm³/mol. The van der Waals surface area contributed by atoms with Gasteiger partial charge in [0, 0.05) is 11.6 Å². The molecule has 1 aromatic carbocycles. The molecule has 2 heterocycles. The minimum atomic E-state index is -0.417. The van der Waals surface area contributed by atoms with Crippen molar-refractivity contribution in [2.45, 2.75) is 13.3 Å². The minimum Gasteiger partial charge on any atom is -0.493 e. The van der Waals surface area contributed by atoms with E-state index in [9.17, 15) is 4.79 Å². The first-order chi connectivity index (χ1) is 8.74. The fraction of sp³-hybridized carbons (Fsp3) is 0.231. The number of methoxy groups -OCH3 is 1. The van der Waals surface area contributed by atoms with Crippen molar-refractivity contribution in [2.24, 2.45) is 5.10 Å². The Morgan fingerprint density at radius 2 is 2.28 bits per heavy atom. The highest BCUT2D eigenvalue weighted by Gasteiger charge is 2.19. The number of hydrazone groups is 1. The van der Waals surface area contributed by atoms with Gasteiger partial charge in [-0.05, 0) is 18.1 Å². The molecule has 18 heavy (non-hydrogen) atoms. The molecule has 1 aliphatic rings. The van der Waals surface area contributed by atoms with Gasteiger partial charge in [0.25, 0.3) is 0 Å². The Balaban J connectivity index is 2.53. The van der Waals surface area contributed by atoms with Crippen molar-refractivity contribution in [3.8, 4) is 5.75 Å². The number of benzene rings is 1. The highest BCUT2D eigenvalue weighted by molar-refractivity contribution is 6.08. The average Bonchev–Trinajstić information content (AvgIpc) is 2.38. The average molecular weight is 244 g/mol. The molecule has 1 aliphatic heterocycles. The van der Waals surface area contributed by atoms with Gasteiger partial charge in [-0.2, -0.15) is 5.10 Å². The lowest BCUT2D eigenvalue weighted by Crippen LogP contribution is -2.08. The Hall–Kier alpha value is -2.30. The number of nitrogens with zero attached hydrogens (tertiary/aromatic N) is 1. The maximum atomic E-state index is 11.6. The van der Waals surface area contributed by atoms with E-state index >= 15 is 0 Å². The predicted octanol–water partition coefficient (Wildman–Crippen LogP) is 2.12. The van der Waals surface area contributed by atoms with Gasteiger partial charge >= 0.3 is 5.63 Å². The summed E-state index contributed by atoms with van der Waals surface area (Å²) in [6.45, 7) is 2.02. The number of rotatable bonds is 2. The fourth-order valence-corrected chi connectivity index (χ4v) is 2.26. The van der Waals surface area contributed by atoms with Crippen molar-refractivity contribution in [3.63, 3.8) is 0 Å². The molecule has 92 valence electrons. The van der Waals surface area contributed by atoms with E-state index in [1.165, 1.54) is 6.07 Å². The molecule has 5 heteroatoms. The summed E-state index contributed by atoms with van der Waals surface area (Å²) >= 11 is 0. The topological polar surface area (TPSA) is 63.8 Å². The van der Waals surface area contributed by atoms with Crippen LogP contribution in [0.4, 0.5) is 5.69 Å². The van der Waals surface area contributed by atoms with Crippen LogP contribution in [-0.2, 0) is 6.42 Å². The molecule has 0 saturated carbocycles. The monoisotopic (exact) mass is 244 g/mol. The quantitative estimate of drug-likeness (QED) is 0.822. The zero-order valence-electron chi connectivity index (χ0n) is 10.1. The van der Waals surface area contributed by atoms with Gasteiger partial charge in [0.1, 0.15) is 0 Å². The zero-order chi connectivity index (χ0) is 12.7. The van der Waals surface area contributed by atoms with Gasteiger partial charge < -0.3 is 9.15 Å². The van der Waals surface area contributed by atoms with Gasteiger partial charge in [0.2, 0.25) is 0 Å².